The number of benzene rings is 1. The fraction of sp³-hybridized carbons (Fsp3) is 0.111. The summed E-state index contributed by atoms with van der Waals surface area (Å²) < 4.78 is 12.4. The molecule has 4 nitrogen and oxygen atoms in total. The average molecular weight is 196 g/mol. The molecule has 1 rings (SSSR count). The highest BCUT2D eigenvalue weighted by atomic mass is 19.1. The first-order valence-corrected chi connectivity index (χ1v) is 3.87. The van der Waals surface area contributed by atoms with E-state index in [4.69, 9.17) is 5.73 Å². The normalized spacial score (nSPS) is 10.4. The summed E-state index contributed by atoms with van der Waals surface area (Å²) >= 11 is 0. The number of primary amides is 1. The van der Waals surface area contributed by atoms with Crippen LogP contribution in [-0.2, 0) is 9.63 Å². The molecular weight excluding hydrogens is 187 g/mol. The zero-order valence-corrected chi connectivity index (χ0v) is 7.31. The molecule has 74 valence electrons. The van der Waals surface area contributed by atoms with Gasteiger partial charge in [-0.05, 0) is 17.7 Å². The van der Waals surface area contributed by atoms with Crippen molar-refractivity contribution in [3.63, 3.8) is 0 Å². The van der Waals surface area contributed by atoms with Crippen molar-refractivity contribution in [2.45, 2.75) is 0 Å². The monoisotopic (exact) mass is 196 g/mol. The van der Waals surface area contributed by atoms with Crippen LogP contribution < -0.4 is 5.73 Å². The number of rotatable bonds is 4. The van der Waals surface area contributed by atoms with Crippen molar-refractivity contribution in [3.8, 4) is 0 Å². The van der Waals surface area contributed by atoms with E-state index < -0.39 is 5.91 Å². The number of nitrogens with zero attached hydrogens (tertiary/aromatic N) is 1. The first-order valence-electron chi connectivity index (χ1n) is 3.87. The van der Waals surface area contributed by atoms with Gasteiger partial charge >= 0.3 is 0 Å². The van der Waals surface area contributed by atoms with Gasteiger partial charge in [-0.25, -0.2) is 4.39 Å². The largest absolute Gasteiger partial charge is 0.386 e. The lowest BCUT2D eigenvalue weighted by molar-refractivity contribution is -0.122. The quantitative estimate of drug-likeness (QED) is 0.568. The van der Waals surface area contributed by atoms with Crippen molar-refractivity contribution in [1.29, 1.82) is 0 Å². The molecular formula is C9H9FN2O2. The minimum atomic E-state index is -0.596. The summed E-state index contributed by atoms with van der Waals surface area (Å²) in [5, 5.41) is 3.46. The second kappa shape index (κ2) is 4.96. The van der Waals surface area contributed by atoms with Crippen LogP contribution in [0.5, 0.6) is 0 Å². The Kier molecular flexibility index (Phi) is 3.60. The Labute approximate surface area is 80.2 Å². The van der Waals surface area contributed by atoms with E-state index >= 15 is 0 Å². The predicted octanol–water partition coefficient (Wildman–Crippen LogP) is 0.661. The summed E-state index contributed by atoms with van der Waals surface area (Å²) in [6.07, 6.45) is 1.36. The summed E-state index contributed by atoms with van der Waals surface area (Å²) in [7, 11) is 0. The molecule has 0 aliphatic rings. The topological polar surface area (TPSA) is 64.7 Å². The first-order chi connectivity index (χ1) is 6.68. The molecule has 0 saturated carbocycles. The van der Waals surface area contributed by atoms with E-state index in [1.165, 1.54) is 30.5 Å². The van der Waals surface area contributed by atoms with Gasteiger partial charge in [0, 0.05) is 0 Å². The van der Waals surface area contributed by atoms with Gasteiger partial charge in [-0.1, -0.05) is 17.3 Å². The van der Waals surface area contributed by atoms with Crippen LogP contribution in [0.2, 0.25) is 0 Å². The number of amides is 1. The van der Waals surface area contributed by atoms with Crippen molar-refractivity contribution in [2.75, 3.05) is 6.61 Å². The van der Waals surface area contributed by atoms with Gasteiger partial charge in [0.1, 0.15) is 5.82 Å². The van der Waals surface area contributed by atoms with Crippen molar-refractivity contribution < 1.29 is 14.0 Å². The van der Waals surface area contributed by atoms with Gasteiger partial charge in [-0.2, -0.15) is 0 Å². The summed E-state index contributed by atoms with van der Waals surface area (Å²) in [6, 6.07) is 5.67. The molecule has 0 aliphatic carbocycles. The Morgan fingerprint density at radius 2 is 2.14 bits per heavy atom. The molecule has 0 saturated heterocycles. The Morgan fingerprint density at radius 1 is 1.50 bits per heavy atom. The van der Waals surface area contributed by atoms with Gasteiger partial charge in [0.15, 0.2) is 6.61 Å². The lowest BCUT2D eigenvalue weighted by Crippen LogP contribution is -2.16. The maximum Gasteiger partial charge on any atom is 0.258 e. The van der Waals surface area contributed by atoms with Gasteiger partial charge in [0.2, 0.25) is 0 Å². The van der Waals surface area contributed by atoms with Crippen molar-refractivity contribution in [3.05, 3.63) is 35.6 Å². The summed E-state index contributed by atoms with van der Waals surface area (Å²) in [5.74, 6) is -0.915. The third kappa shape index (κ3) is 3.66. The molecule has 0 atom stereocenters. The Morgan fingerprint density at radius 3 is 2.71 bits per heavy atom. The molecule has 5 heteroatoms. The van der Waals surface area contributed by atoms with Crippen LogP contribution in [0.1, 0.15) is 5.56 Å². The fourth-order valence-corrected chi connectivity index (χ4v) is 0.748. The summed E-state index contributed by atoms with van der Waals surface area (Å²) in [4.78, 5) is 14.8. The number of hydrogen-bond donors (Lipinski definition) is 1. The van der Waals surface area contributed by atoms with Crippen LogP contribution >= 0.6 is 0 Å². The molecule has 0 heterocycles. The second-order valence-electron chi connectivity index (χ2n) is 2.53. The van der Waals surface area contributed by atoms with E-state index in [2.05, 4.69) is 9.99 Å². The van der Waals surface area contributed by atoms with Gasteiger partial charge < -0.3 is 10.6 Å². The van der Waals surface area contributed by atoms with Crippen molar-refractivity contribution in [1.82, 2.24) is 0 Å². The molecule has 1 aromatic carbocycles. The Bertz CT molecular complexity index is 335. The SMILES string of the molecule is NC(=O)CO/N=C/c1ccc(F)cc1. The Balaban J connectivity index is 2.44. The number of halogens is 1. The van der Waals surface area contributed by atoms with E-state index in [1.807, 2.05) is 0 Å². The number of nitrogens with two attached hydrogens (primary N) is 1. The minimum absolute atomic E-state index is 0.266. The lowest BCUT2D eigenvalue weighted by Gasteiger charge is -1.94. The molecule has 14 heavy (non-hydrogen) atoms. The van der Waals surface area contributed by atoms with Crippen molar-refractivity contribution in [2.24, 2.45) is 10.9 Å². The maximum atomic E-state index is 12.4. The molecule has 0 radical (unpaired) electrons. The number of carbonyl (C=O) groups excluding carboxylic acids is 1. The molecule has 2 N–H and O–H groups in total. The number of oxime groups is 1. The molecule has 0 spiro atoms. The minimum Gasteiger partial charge on any atom is -0.386 e. The molecule has 1 aromatic rings. The van der Waals surface area contributed by atoms with Crippen LogP contribution in [-0.4, -0.2) is 18.7 Å². The molecule has 0 aromatic heterocycles. The number of hydrogen-bond acceptors (Lipinski definition) is 3. The van der Waals surface area contributed by atoms with Crippen molar-refractivity contribution >= 4 is 12.1 Å². The fourth-order valence-electron chi connectivity index (χ4n) is 0.748. The zero-order chi connectivity index (χ0) is 10.4. The smallest absolute Gasteiger partial charge is 0.258 e. The summed E-state index contributed by atoms with van der Waals surface area (Å²) in [6.45, 7) is -0.266. The molecule has 0 aliphatic heterocycles. The third-order valence-corrected chi connectivity index (χ3v) is 1.35. The zero-order valence-electron chi connectivity index (χ0n) is 7.31. The number of carbonyl (C=O) groups is 1. The van der Waals surface area contributed by atoms with Gasteiger partial charge in [-0.15, -0.1) is 0 Å². The van der Waals surface area contributed by atoms with Crippen LogP contribution in [0.15, 0.2) is 29.4 Å². The van der Waals surface area contributed by atoms with Gasteiger partial charge in [0.25, 0.3) is 5.91 Å². The molecule has 0 fully saturated rings. The van der Waals surface area contributed by atoms with Crippen LogP contribution in [0.4, 0.5) is 4.39 Å². The molecule has 0 bridgehead atoms. The summed E-state index contributed by atoms with van der Waals surface area (Å²) in [5.41, 5.74) is 5.48. The van der Waals surface area contributed by atoms with Crippen LogP contribution in [0, 0.1) is 5.82 Å². The second-order valence-corrected chi connectivity index (χ2v) is 2.53. The highest BCUT2D eigenvalue weighted by Gasteiger charge is 1.92. The lowest BCUT2D eigenvalue weighted by atomic mass is 10.2. The molecule has 1 amide bonds. The third-order valence-electron chi connectivity index (χ3n) is 1.35. The molecule has 0 unspecified atom stereocenters. The van der Waals surface area contributed by atoms with E-state index in [9.17, 15) is 9.18 Å². The van der Waals surface area contributed by atoms with E-state index in [0.29, 0.717) is 5.56 Å². The highest BCUT2D eigenvalue weighted by Crippen LogP contribution is 1.99. The van der Waals surface area contributed by atoms with E-state index in [0.717, 1.165) is 0 Å². The first kappa shape index (κ1) is 10.2. The maximum absolute atomic E-state index is 12.4. The van der Waals surface area contributed by atoms with Crippen LogP contribution in [0.3, 0.4) is 0 Å². The standard InChI is InChI=1S/C9H9FN2O2/c10-8-3-1-7(2-4-8)5-12-14-6-9(11)13/h1-5H,6H2,(H2,11,13)/b12-5+. The Hall–Kier alpha value is -1.91. The average Bonchev–Trinajstić information content (AvgIpc) is 2.15. The van der Waals surface area contributed by atoms with E-state index in [1.54, 1.807) is 0 Å². The van der Waals surface area contributed by atoms with E-state index in [-0.39, 0.29) is 12.4 Å². The predicted molar refractivity (Wildman–Crippen MR) is 49.1 cm³/mol. The highest BCUT2D eigenvalue weighted by molar-refractivity contribution is 5.79. The van der Waals surface area contributed by atoms with Crippen LogP contribution in [0.25, 0.3) is 0 Å². The van der Waals surface area contributed by atoms with Gasteiger partial charge in [0.05, 0.1) is 6.21 Å². The van der Waals surface area contributed by atoms with Gasteiger partial charge in [-0.3, -0.25) is 4.79 Å².